The number of benzene rings is 1. The Kier molecular flexibility index (Phi) is 6.01. The van der Waals surface area contributed by atoms with Crippen LogP contribution in [0.3, 0.4) is 0 Å². The molecule has 130 valence electrons. The second kappa shape index (κ2) is 7.99. The van der Waals surface area contributed by atoms with Crippen molar-refractivity contribution < 1.29 is 4.52 Å². The highest BCUT2D eigenvalue weighted by molar-refractivity contribution is 5.79. The predicted octanol–water partition coefficient (Wildman–Crippen LogP) is 3.44. The molecule has 2 N–H and O–H groups in total. The van der Waals surface area contributed by atoms with Gasteiger partial charge in [0.25, 0.3) is 0 Å². The van der Waals surface area contributed by atoms with Gasteiger partial charge in [-0.1, -0.05) is 63.2 Å². The molecule has 0 saturated heterocycles. The Bertz CT molecular complexity index is 659. The van der Waals surface area contributed by atoms with Crippen molar-refractivity contribution >= 4 is 5.96 Å². The Morgan fingerprint density at radius 1 is 1.21 bits per heavy atom. The molecule has 0 aliphatic carbocycles. The van der Waals surface area contributed by atoms with Gasteiger partial charge in [-0.3, -0.25) is 4.99 Å². The molecule has 5 nitrogen and oxygen atoms in total. The van der Waals surface area contributed by atoms with Gasteiger partial charge >= 0.3 is 0 Å². The lowest BCUT2D eigenvalue weighted by atomic mass is 9.85. The van der Waals surface area contributed by atoms with Gasteiger partial charge in [0.2, 0.25) is 0 Å². The summed E-state index contributed by atoms with van der Waals surface area (Å²) in [5, 5.41) is 10.7. The van der Waals surface area contributed by atoms with Crippen LogP contribution in [0.4, 0.5) is 0 Å². The number of guanidine groups is 1. The van der Waals surface area contributed by atoms with E-state index in [9.17, 15) is 0 Å². The van der Waals surface area contributed by atoms with Crippen LogP contribution in [0, 0.1) is 0 Å². The lowest BCUT2D eigenvalue weighted by Crippen LogP contribution is -2.43. The van der Waals surface area contributed by atoms with Gasteiger partial charge in [-0.2, -0.15) is 0 Å². The molecular formula is C19H28N4O. The van der Waals surface area contributed by atoms with Crippen LogP contribution in [0.1, 0.15) is 50.6 Å². The van der Waals surface area contributed by atoms with E-state index >= 15 is 0 Å². The molecule has 0 bridgehead atoms. The van der Waals surface area contributed by atoms with Crippen molar-refractivity contribution in [2.24, 2.45) is 4.99 Å². The average molecular weight is 328 g/mol. The van der Waals surface area contributed by atoms with E-state index < -0.39 is 0 Å². The summed E-state index contributed by atoms with van der Waals surface area (Å²) >= 11 is 0. The fourth-order valence-electron chi connectivity index (χ4n) is 2.37. The van der Waals surface area contributed by atoms with E-state index in [2.05, 4.69) is 72.7 Å². The zero-order chi connectivity index (χ0) is 17.6. The first-order valence-electron chi connectivity index (χ1n) is 8.38. The van der Waals surface area contributed by atoms with Gasteiger partial charge in [-0.05, 0) is 11.5 Å². The van der Waals surface area contributed by atoms with Gasteiger partial charge in [0.05, 0.1) is 12.2 Å². The summed E-state index contributed by atoms with van der Waals surface area (Å²) in [6.45, 7) is 9.97. The molecule has 0 atom stereocenters. The van der Waals surface area contributed by atoms with E-state index in [0.29, 0.717) is 12.5 Å². The van der Waals surface area contributed by atoms with Crippen molar-refractivity contribution in [3.05, 3.63) is 53.4 Å². The smallest absolute Gasteiger partial charge is 0.191 e. The first-order chi connectivity index (χ1) is 11.4. The Morgan fingerprint density at radius 3 is 2.50 bits per heavy atom. The molecule has 24 heavy (non-hydrogen) atoms. The summed E-state index contributed by atoms with van der Waals surface area (Å²) in [7, 11) is 1.77. The van der Waals surface area contributed by atoms with Crippen LogP contribution in [0.5, 0.6) is 0 Å². The maximum absolute atomic E-state index is 5.34. The minimum atomic E-state index is 0.00985. The molecule has 0 unspecified atom stereocenters. The van der Waals surface area contributed by atoms with E-state index in [0.717, 1.165) is 24.0 Å². The van der Waals surface area contributed by atoms with Crippen LogP contribution in [0.2, 0.25) is 0 Å². The molecule has 5 heteroatoms. The lowest BCUT2D eigenvalue weighted by molar-refractivity contribution is 0.371. The van der Waals surface area contributed by atoms with Gasteiger partial charge in [0.1, 0.15) is 0 Å². The molecule has 0 aliphatic heterocycles. The standard InChI is InChI=1S/C19H28N4O/c1-14(2)17-11-16(24-23-17)12-21-18(20-5)22-13-19(3,4)15-9-7-6-8-10-15/h6-11,14H,12-13H2,1-5H3,(H2,20,21,22). The first-order valence-corrected chi connectivity index (χ1v) is 8.38. The summed E-state index contributed by atoms with van der Waals surface area (Å²) in [6.07, 6.45) is 0. The number of nitrogens with one attached hydrogen (secondary N) is 2. The average Bonchev–Trinajstić information content (AvgIpc) is 3.05. The maximum Gasteiger partial charge on any atom is 0.191 e. The molecule has 0 spiro atoms. The molecule has 1 aromatic carbocycles. The second-order valence-corrected chi connectivity index (χ2v) is 6.90. The second-order valence-electron chi connectivity index (χ2n) is 6.90. The minimum Gasteiger partial charge on any atom is -0.359 e. The fraction of sp³-hybridized carbons (Fsp3) is 0.474. The molecule has 0 saturated carbocycles. The molecule has 2 aromatic rings. The SMILES string of the molecule is CN=C(NCc1cc(C(C)C)no1)NCC(C)(C)c1ccccc1. The number of hydrogen-bond acceptors (Lipinski definition) is 3. The molecule has 1 heterocycles. The van der Waals surface area contributed by atoms with Crippen molar-refractivity contribution in [2.45, 2.75) is 45.6 Å². The Morgan fingerprint density at radius 2 is 1.92 bits per heavy atom. The summed E-state index contributed by atoms with van der Waals surface area (Å²) in [4.78, 5) is 4.27. The number of nitrogens with zero attached hydrogens (tertiary/aromatic N) is 2. The zero-order valence-corrected chi connectivity index (χ0v) is 15.3. The van der Waals surface area contributed by atoms with E-state index in [-0.39, 0.29) is 5.41 Å². The van der Waals surface area contributed by atoms with E-state index in [1.807, 2.05) is 12.1 Å². The van der Waals surface area contributed by atoms with Crippen molar-refractivity contribution in [1.82, 2.24) is 15.8 Å². The third kappa shape index (κ3) is 4.85. The van der Waals surface area contributed by atoms with Crippen molar-refractivity contribution in [2.75, 3.05) is 13.6 Å². The van der Waals surface area contributed by atoms with Gasteiger partial charge in [-0.15, -0.1) is 0 Å². The van der Waals surface area contributed by atoms with Gasteiger partial charge in [-0.25, -0.2) is 0 Å². The molecule has 0 aliphatic rings. The molecule has 0 radical (unpaired) electrons. The highest BCUT2D eigenvalue weighted by Crippen LogP contribution is 2.21. The summed E-state index contributed by atoms with van der Waals surface area (Å²) in [6, 6.07) is 12.5. The molecule has 2 rings (SSSR count). The Balaban J connectivity index is 1.88. The third-order valence-corrected chi connectivity index (χ3v) is 4.08. The van der Waals surface area contributed by atoms with E-state index in [1.54, 1.807) is 7.05 Å². The van der Waals surface area contributed by atoms with Crippen molar-refractivity contribution in [3.63, 3.8) is 0 Å². The van der Waals surface area contributed by atoms with Crippen molar-refractivity contribution in [1.29, 1.82) is 0 Å². The van der Waals surface area contributed by atoms with Crippen LogP contribution in [0.15, 0.2) is 45.9 Å². The van der Waals surface area contributed by atoms with Gasteiger partial charge in [0.15, 0.2) is 11.7 Å². The molecular weight excluding hydrogens is 300 g/mol. The molecule has 0 amide bonds. The lowest BCUT2D eigenvalue weighted by Gasteiger charge is -2.26. The molecule has 1 aromatic heterocycles. The number of aliphatic imine (C=N–C) groups is 1. The highest BCUT2D eigenvalue weighted by Gasteiger charge is 2.20. The minimum absolute atomic E-state index is 0.00985. The van der Waals surface area contributed by atoms with Crippen LogP contribution >= 0.6 is 0 Å². The van der Waals surface area contributed by atoms with Crippen molar-refractivity contribution in [3.8, 4) is 0 Å². The van der Waals surface area contributed by atoms with Gasteiger partial charge < -0.3 is 15.2 Å². The maximum atomic E-state index is 5.34. The first kappa shape index (κ1) is 18.0. The van der Waals surface area contributed by atoms with Gasteiger partial charge in [0, 0.05) is 25.1 Å². The largest absolute Gasteiger partial charge is 0.359 e. The quantitative estimate of drug-likeness (QED) is 0.630. The monoisotopic (exact) mass is 328 g/mol. The Labute approximate surface area is 144 Å². The van der Waals surface area contributed by atoms with E-state index in [1.165, 1.54) is 5.56 Å². The number of aromatic nitrogens is 1. The van der Waals surface area contributed by atoms with E-state index in [4.69, 9.17) is 4.52 Å². The third-order valence-electron chi connectivity index (χ3n) is 4.08. The predicted molar refractivity (Wildman–Crippen MR) is 98.3 cm³/mol. The summed E-state index contributed by atoms with van der Waals surface area (Å²) < 4.78 is 5.34. The molecule has 0 fully saturated rings. The fourth-order valence-corrected chi connectivity index (χ4v) is 2.37. The normalized spacial score (nSPS) is 12.5. The zero-order valence-electron chi connectivity index (χ0n) is 15.3. The van der Waals surface area contributed by atoms with Crippen LogP contribution in [-0.2, 0) is 12.0 Å². The number of hydrogen-bond donors (Lipinski definition) is 2. The van der Waals surface area contributed by atoms with Crippen LogP contribution in [0.25, 0.3) is 0 Å². The highest BCUT2D eigenvalue weighted by atomic mass is 16.5. The topological polar surface area (TPSA) is 62.5 Å². The Hall–Kier alpha value is -2.30. The summed E-state index contributed by atoms with van der Waals surface area (Å²) in [5.41, 5.74) is 2.28. The van der Waals surface area contributed by atoms with Crippen LogP contribution < -0.4 is 10.6 Å². The van der Waals surface area contributed by atoms with Crippen LogP contribution in [-0.4, -0.2) is 24.7 Å². The summed E-state index contributed by atoms with van der Waals surface area (Å²) in [5.74, 6) is 1.93. The number of rotatable bonds is 6.